The monoisotopic (exact) mass is 332 g/mol. The summed E-state index contributed by atoms with van der Waals surface area (Å²) in [7, 11) is 1.79. The molecule has 0 aliphatic heterocycles. The van der Waals surface area contributed by atoms with Gasteiger partial charge < -0.3 is 4.90 Å². The predicted molar refractivity (Wildman–Crippen MR) is 93.3 cm³/mol. The lowest BCUT2D eigenvalue weighted by Gasteiger charge is -2.18. The molecule has 0 spiro atoms. The second kappa shape index (κ2) is 6.20. The third kappa shape index (κ3) is 2.99. The Morgan fingerprint density at radius 3 is 2.84 bits per heavy atom. The number of fused-ring (bicyclic) bond motifs is 1. The number of hydrogen-bond acceptors (Lipinski definition) is 4. The molecule has 0 radical (unpaired) electrons. The van der Waals surface area contributed by atoms with Crippen LogP contribution in [0.5, 0.6) is 0 Å². The van der Waals surface area contributed by atoms with Crippen LogP contribution in [0.1, 0.15) is 15.9 Å². The molecule has 1 N–H and O–H groups in total. The molecule has 0 aliphatic carbocycles. The highest BCUT2D eigenvalue weighted by atomic mass is 16.2. The molecule has 2 heterocycles. The Hall–Kier alpha value is -3.48. The molecular weight excluding hydrogens is 316 g/mol. The van der Waals surface area contributed by atoms with Gasteiger partial charge in [-0.25, -0.2) is 4.68 Å². The summed E-state index contributed by atoms with van der Waals surface area (Å²) in [4.78, 5) is 14.4. The molecule has 2 aromatic carbocycles. The van der Waals surface area contributed by atoms with E-state index in [1.165, 1.54) is 0 Å². The van der Waals surface area contributed by atoms with E-state index in [-0.39, 0.29) is 5.91 Å². The lowest BCUT2D eigenvalue weighted by Crippen LogP contribution is -2.26. The first kappa shape index (κ1) is 15.1. The van der Waals surface area contributed by atoms with Gasteiger partial charge in [0.05, 0.1) is 5.69 Å². The standard InChI is InChI=1S/C18H16N6O/c1-23(18(25)14-6-7-16-17(11-14)21-22-20-16)12-13-4-2-5-15(10-13)24-9-3-8-19-24/h2-11H,12H2,1H3,(H,20,21,22). The Kier molecular flexibility index (Phi) is 3.74. The summed E-state index contributed by atoms with van der Waals surface area (Å²) in [6.07, 6.45) is 3.63. The number of nitrogens with one attached hydrogen (secondary N) is 1. The maximum absolute atomic E-state index is 12.7. The van der Waals surface area contributed by atoms with Crippen molar-refractivity contribution >= 4 is 16.9 Å². The maximum Gasteiger partial charge on any atom is 0.253 e. The van der Waals surface area contributed by atoms with Gasteiger partial charge in [-0.1, -0.05) is 12.1 Å². The van der Waals surface area contributed by atoms with Crippen LogP contribution in [-0.2, 0) is 6.54 Å². The number of rotatable bonds is 4. The predicted octanol–water partition coefficient (Wildman–Crippen LogP) is 2.42. The third-order valence-corrected chi connectivity index (χ3v) is 4.01. The van der Waals surface area contributed by atoms with Gasteiger partial charge in [-0.05, 0) is 42.0 Å². The minimum atomic E-state index is -0.0607. The van der Waals surface area contributed by atoms with Crippen LogP contribution in [0.4, 0.5) is 0 Å². The summed E-state index contributed by atoms with van der Waals surface area (Å²) in [5.74, 6) is -0.0607. The van der Waals surface area contributed by atoms with E-state index in [2.05, 4.69) is 20.5 Å². The van der Waals surface area contributed by atoms with Gasteiger partial charge in [0.1, 0.15) is 11.0 Å². The number of H-pyrrole nitrogens is 1. The molecule has 0 bridgehead atoms. The molecule has 0 atom stereocenters. The number of carbonyl (C=O) groups excluding carboxylic acids is 1. The van der Waals surface area contributed by atoms with Gasteiger partial charge in [0.25, 0.3) is 5.91 Å². The van der Waals surface area contributed by atoms with E-state index in [1.54, 1.807) is 41.0 Å². The Bertz CT molecular complexity index is 1020. The number of hydrogen-bond donors (Lipinski definition) is 1. The van der Waals surface area contributed by atoms with Crippen LogP contribution >= 0.6 is 0 Å². The number of aromatic nitrogens is 5. The number of benzene rings is 2. The summed E-state index contributed by atoms with van der Waals surface area (Å²) in [5, 5.41) is 14.8. The highest BCUT2D eigenvalue weighted by Crippen LogP contribution is 2.15. The SMILES string of the molecule is CN(Cc1cccc(-n2cccn2)c1)C(=O)c1ccc2n[nH]nc2c1. The summed E-state index contributed by atoms with van der Waals surface area (Å²) < 4.78 is 1.80. The average molecular weight is 332 g/mol. The zero-order chi connectivity index (χ0) is 17.2. The fourth-order valence-corrected chi connectivity index (χ4v) is 2.76. The largest absolute Gasteiger partial charge is 0.337 e. The molecule has 25 heavy (non-hydrogen) atoms. The van der Waals surface area contributed by atoms with Gasteiger partial charge in [-0.3, -0.25) is 4.79 Å². The lowest BCUT2D eigenvalue weighted by atomic mass is 10.1. The molecule has 7 nitrogen and oxygen atoms in total. The molecule has 4 rings (SSSR count). The van der Waals surface area contributed by atoms with Gasteiger partial charge in [-0.15, -0.1) is 0 Å². The van der Waals surface area contributed by atoms with Crippen LogP contribution in [0.15, 0.2) is 60.9 Å². The van der Waals surface area contributed by atoms with Gasteiger partial charge in [0.2, 0.25) is 0 Å². The molecule has 7 heteroatoms. The average Bonchev–Trinajstić information content (AvgIpc) is 3.32. The smallest absolute Gasteiger partial charge is 0.253 e. The minimum absolute atomic E-state index is 0.0607. The van der Waals surface area contributed by atoms with E-state index in [4.69, 9.17) is 0 Å². The van der Waals surface area contributed by atoms with Crippen LogP contribution in [0.25, 0.3) is 16.7 Å². The Labute approximate surface area is 143 Å². The van der Waals surface area contributed by atoms with Gasteiger partial charge in [0, 0.05) is 31.5 Å². The van der Waals surface area contributed by atoms with Crippen molar-refractivity contribution in [2.75, 3.05) is 7.05 Å². The minimum Gasteiger partial charge on any atom is -0.337 e. The van der Waals surface area contributed by atoms with Crippen LogP contribution in [-0.4, -0.2) is 43.0 Å². The zero-order valence-electron chi connectivity index (χ0n) is 13.6. The maximum atomic E-state index is 12.7. The molecule has 1 amide bonds. The quantitative estimate of drug-likeness (QED) is 0.622. The van der Waals surface area contributed by atoms with E-state index < -0.39 is 0 Å². The van der Waals surface area contributed by atoms with Crippen molar-refractivity contribution in [3.05, 3.63) is 72.1 Å². The van der Waals surface area contributed by atoms with Crippen molar-refractivity contribution in [2.45, 2.75) is 6.54 Å². The second-order valence-electron chi connectivity index (χ2n) is 5.81. The normalized spacial score (nSPS) is 10.9. The fraction of sp³-hybridized carbons (Fsp3) is 0.111. The molecule has 0 saturated carbocycles. The van der Waals surface area contributed by atoms with Gasteiger partial charge >= 0.3 is 0 Å². The molecule has 0 saturated heterocycles. The summed E-state index contributed by atoms with van der Waals surface area (Å²) in [6, 6.07) is 15.2. The first-order chi connectivity index (χ1) is 12.2. The third-order valence-electron chi connectivity index (χ3n) is 4.01. The first-order valence-electron chi connectivity index (χ1n) is 7.86. The van der Waals surface area contributed by atoms with Gasteiger partial charge in [-0.2, -0.15) is 20.5 Å². The van der Waals surface area contributed by atoms with Crippen molar-refractivity contribution in [3.63, 3.8) is 0 Å². The van der Waals surface area contributed by atoms with Crippen molar-refractivity contribution in [1.29, 1.82) is 0 Å². The summed E-state index contributed by atoms with van der Waals surface area (Å²) in [5.41, 5.74) is 4.01. The van der Waals surface area contributed by atoms with E-state index in [1.807, 2.05) is 36.5 Å². The van der Waals surface area contributed by atoms with E-state index in [0.717, 1.165) is 16.8 Å². The molecule has 2 aromatic heterocycles. The summed E-state index contributed by atoms with van der Waals surface area (Å²) in [6.45, 7) is 0.505. The van der Waals surface area contributed by atoms with Crippen molar-refractivity contribution in [1.82, 2.24) is 30.1 Å². The van der Waals surface area contributed by atoms with Crippen LogP contribution in [0.3, 0.4) is 0 Å². The molecule has 0 aliphatic rings. The van der Waals surface area contributed by atoms with Crippen molar-refractivity contribution < 1.29 is 4.79 Å². The highest BCUT2D eigenvalue weighted by Gasteiger charge is 2.14. The topological polar surface area (TPSA) is 79.7 Å². The van der Waals surface area contributed by atoms with Crippen molar-refractivity contribution in [3.8, 4) is 5.69 Å². The van der Waals surface area contributed by atoms with Crippen LogP contribution in [0, 0.1) is 0 Å². The van der Waals surface area contributed by atoms with Crippen molar-refractivity contribution in [2.24, 2.45) is 0 Å². The van der Waals surface area contributed by atoms with Crippen LogP contribution in [0.2, 0.25) is 0 Å². The lowest BCUT2D eigenvalue weighted by molar-refractivity contribution is 0.0785. The molecular formula is C18H16N6O. The highest BCUT2D eigenvalue weighted by molar-refractivity contribution is 5.97. The zero-order valence-corrected chi connectivity index (χ0v) is 13.6. The Balaban J connectivity index is 1.54. The first-order valence-corrected chi connectivity index (χ1v) is 7.86. The summed E-state index contributed by atoms with van der Waals surface area (Å²) >= 11 is 0. The number of carbonyl (C=O) groups is 1. The van der Waals surface area contributed by atoms with Crippen LogP contribution < -0.4 is 0 Å². The fourth-order valence-electron chi connectivity index (χ4n) is 2.76. The second-order valence-corrected chi connectivity index (χ2v) is 5.81. The molecule has 124 valence electrons. The molecule has 4 aromatic rings. The molecule has 0 fully saturated rings. The van der Waals surface area contributed by atoms with E-state index in [9.17, 15) is 4.79 Å². The molecule has 0 unspecified atom stereocenters. The number of nitrogens with zero attached hydrogens (tertiary/aromatic N) is 5. The van der Waals surface area contributed by atoms with Gasteiger partial charge in [0.15, 0.2) is 0 Å². The Morgan fingerprint density at radius 2 is 2.00 bits per heavy atom. The number of aromatic amines is 1. The Morgan fingerprint density at radius 1 is 1.12 bits per heavy atom. The van der Waals surface area contributed by atoms with E-state index in [0.29, 0.717) is 17.6 Å². The number of amides is 1. The van der Waals surface area contributed by atoms with E-state index >= 15 is 0 Å².